The Labute approximate surface area is 146 Å². The highest BCUT2D eigenvalue weighted by molar-refractivity contribution is 5.83. The standard InChI is InChI=1S/C20H24FN3O/c1-22-10-13-2-3-15(22)12-23(11-13)19-9-18-16(8-17(19)21)20(25)6-7-24(18)14-4-5-14/h6-9,13-15H,2-5,10-12H2,1H3. The number of benzene rings is 1. The number of piperidine rings is 1. The van der Waals surface area contributed by atoms with Gasteiger partial charge >= 0.3 is 0 Å². The van der Waals surface area contributed by atoms with E-state index in [0.29, 0.717) is 29.1 Å². The summed E-state index contributed by atoms with van der Waals surface area (Å²) in [5, 5.41) is 0.505. The first-order chi connectivity index (χ1) is 12.1. The number of nitrogens with zero attached hydrogens (tertiary/aromatic N) is 3. The van der Waals surface area contributed by atoms with E-state index in [1.807, 2.05) is 12.3 Å². The Balaban J connectivity index is 1.62. The van der Waals surface area contributed by atoms with Crippen molar-refractivity contribution >= 4 is 16.6 Å². The van der Waals surface area contributed by atoms with Crippen LogP contribution in [-0.4, -0.2) is 42.2 Å². The van der Waals surface area contributed by atoms with Crippen LogP contribution in [0.3, 0.4) is 0 Å². The average Bonchev–Trinajstić information content (AvgIpc) is 3.42. The van der Waals surface area contributed by atoms with Gasteiger partial charge in [0.25, 0.3) is 0 Å². The Hall–Kier alpha value is -1.88. The summed E-state index contributed by atoms with van der Waals surface area (Å²) in [7, 11) is 2.18. The van der Waals surface area contributed by atoms with Crippen molar-refractivity contribution in [3.8, 4) is 0 Å². The zero-order valence-electron chi connectivity index (χ0n) is 14.6. The van der Waals surface area contributed by atoms with Crippen molar-refractivity contribution < 1.29 is 4.39 Å². The third-order valence-corrected chi connectivity index (χ3v) is 6.26. The molecule has 132 valence electrons. The quantitative estimate of drug-likeness (QED) is 0.841. The molecule has 0 amide bonds. The summed E-state index contributed by atoms with van der Waals surface area (Å²) in [5.74, 6) is 0.336. The van der Waals surface area contributed by atoms with Gasteiger partial charge in [-0.05, 0) is 50.8 Å². The number of pyridine rings is 1. The predicted octanol–water partition coefficient (Wildman–Crippen LogP) is 3.01. The number of rotatable bonds is 2. The van der Waals surface area contributed by atoms with Crippen LogP contribution in [0.25, 0.3) is 10.9 Å². The van der Waals surface area contributed by atoms with Gasteiger partial charge in [-0.1, -0.05) is 0 Å². The van der Waals surface area contributed by atoms with Crippen LogP contribution in [0.2, 0.25) is 0 Å². The molecule has 0 N–H and O–H groups in total. The number of aromatic nitrogens is 1. The second-order valence-electron chi connectivity index (χ2n) is 8.08. The monoisotopic (exact) mass is 341 g/mol. The molecule has 0 spiro atoms. The highest BCUT2D eigenvalue weighted by atomic mass is 19.1. The minimum Gasteiger partial charge on any atom is -0.367 e. The molecule has 2 bridgehead atoms. The van der Waals surface area contributed by atoms with Crippen molar-refractivity contribution in [2.24, 2.45) is 5.92 Å². The number of halogens is 1. The van der Waals surface area contributed by atoms with Gasteiger partial charge in [-0.25, -0.2) is 4.39 Å². The Morgan fingerprint density at radius 1 is 1.04 bits per heavy atom. The summed E-state index contributed by atoms with van der Waals surface area (Å²) in [6.07, 6.45) is 6.59. The summed E-state index contributed by atoms with van der Waals surface area (Å²) >= 11 is 0. The molecule has 25 heavy (non-hydrogen) atoms. The van der Waals surface area contributed by atoms with Crippen LogP contribution in [0.4, 0.5) is 10.1 Å². The van der Waals surface area contributed by atoms with E-state index in [0.717, 1.165) is 38.0 Å². The van der Waals surface area contributed by atoms with E-state index < -0.39 is 0 Å². The van der Waals surface area contributed by atoms with Gasteiger partial charge in [-0.3, -0.25) is 4.79 Å². The zero-order valence-corrected chi connectivity index (χ0v) is 14.6. The molecule has 1 saturated carbocycles. The Morgan fingerprint density at radius 3 is 2.60 bits per heavy atom. The lowest BCUT2D eigenvalue weighted by Gasteiger charge is -2.32. The van der Waals surface area contributed by atoms with Gasteiger partial charge in [-0.2, -0.15) is 0 Å². The molecular weight excluding hydrogens is 317 g/mol. The lowest BCUT2D eigenvalue weighted by Crippen LogP contribution is -2.41. The van der Waals surface area contributed by atoms with Gasteiger partial charge in [0.2, 0.25) is 0 Å². The van der Waals surface area contributed by atoms with Crippen molar-refractivity contribution in [3.63, 3.8) is 0 Å². The number of likely N-dealkylation sites (N-methyl/N-ethyl adjacent to an activating group) is 1. The Kier molecular flexibility index (Phi) is 3.42. The van der Waals surface area contributed by atoms with Gasteiger partial charge in [0.15, 0.2) is 5.43 Å². The third kappa shape index (κ3) is 2.56. The number of fused-ring (bicyclic) bond motifs is 5. The number of hydrogen-bond acceptors (Lipinski definition) is 3. The first-order valence-corrected chi connectivity index (χ1v) is 9.40. The van der Waals surface area contributed by atoms with Gasteiger partial charge in [0.05, 0.1) is 11.2 Å². The van der Waals surface area contributed by atoms with E-state index in [9.17, 15) is 9.18 Å². The van der Waals surface area contributed by atoms with Crippen LogP contribution >= 0.6 is 0 Å². The van der Waals surface area contributed by atoms with Crippen LogP contribution in [0, 0.1) is 11.7 Å². The molecular formula is C20H24FN3O. The summed E-state index contributed by atoms with van der Waals surface area (Å²) in [5.41, 5.74) is 1.46. The van der Waals surface area contributed by atoms with Crippen molar-refractivity contribution in [1.82, 2.24) is 9.47 Å². The molecule has 4 heterocycles. The van der Waals surface area contributed by atoms with Gasteiger partial charge in [0, 0.05) is 49.4 Å². The molecule has 1 aromatic heterocycles. The fourth-order valence-electron chi connectivity index (χ4n) is 4.71. The summed E-state index contributed by atoms with van der Waals surface area (Å²) in [6.45, 7) is 2.88. The second kappa shape index (κ2) is 5.56. The lowest BCUT2D eigenvalue weighted by molar-refractivity contribution is 0.169. The summed E-state index contributed by atoms with van der Waals surface area (Å²) in [4.78, 5) is 16.9. The van der Waals surface area contributed by atoms with Crippen LogP contribution in [0.15, 0.2) is 29.2 Å². The van der Waals surface area contributed by atoms with Crippen LogP contribution < -0.4 is 10.3 Å². The van der Waals surface area contributed by atoms with Crippen molar-refractivity contribution in [2.45, 2.75) is 37.8 Å². The maximum Gasteiger partial charge on any atom is 0.189 e. The molecule has 2 atom stereocenters. The molecule has 6 rings (SSSR count). The van der Waals surface area contributed by atoms with Crippen LogP contribution in [0.5, 0.6) is 0 Å². The van der Waals surface area contributed by atoms with Crippen molar-refractivity contribution in [3.05, 3.63) is 40.4 Å². The van der Waals surface area contributed by atoms with E-state index in [2.05, 4.69) is 21.4 Å². The maximum absolute atomic E-state index is 14.9. The Morgan fingerprint density at radius 2 is 1.84 bits per heavy atom. The first-order valence-electron chi connectivity index (χ1n) is 9.40. The highest BCUT2D eigenvalue weighted by Crippen LogP contribution is 2.38. The van der Waals surface area contributed by atoms with Crippen molar-refractivity contribution in [1.29, 1.82) is 0 Å². The molecule has 1 aromatic carbocycles. The van der Waals surface area contributed by atoms with E-state index in [1.54, 1.807) is 6.07 Å². The number of hydrogen-bond donors (Lipinski definition) is 0. The van der Waals surface area contributed by atoms with Crippen LogP contribution in [0.1, 0.15) is 31.7 Å². The first kappa shape index (κ1) is 15.4. The third-order valence-electron chi connectivity index (χ3n) is 6.26. The molecule has 3 saturated heterocycles. The average molecular weight is 341 g/mol. The molecule has 2 unspecified atom stereocenters. The Bertz CT molecular complexity index is 888. The smallest absolute Gasteiger partial charge is 0.189 e. The normalized spacial score (nSPS) is 27.0. The molecule has 0 radical (unpaired) electrons. The highest BCUT2D eigenvalue weighted by Gasteiger charge is 2.34. The van der Waals surface area contributed by atoms with Gasteiger partial charge < -0.3 is 14.4 Å². The molecule has 5 heteroatoms. The molecule has 3 aliphatic heterocycles. The summed E-state index contributed by atoms with van der Waals surface area (Å²) < 4.78 is 17.1. The number of anilines is 1. The van der Waals surface area contributed by atoms with E-state index >= 15 is 0 Å². The molecule has 1 aliphatic carbocycles. The molecule has 4 fully saturated rings. The fraction of sp³-hybridized carbons (Fsp3) is 0.550. The van der Waals surface area contributed by atoms with E-state index in [4.69, 9.17) is 0 Å². The van der Waals surface area contributed by atoms with Crippen molar-refractivity contribution in [2.75, 3.05) is 31.6 Å². The molecule has 4 aliphatic rings. The van der Waals surface area contributed by atoms with Gasteiger partial charge in [-0.15, -0.1) is 0 Å². The fourth-order valence-corrected chi connectivity index (χ4v) is 4.71. The van der Waals surface area contributed by atoms with E-state index in [1.165, 1.54) is 18.9 Å². The minimum absolute atomic E-state index is 0.0898. The van der Waals surface area contributed by atoms with Gasteiger partial charge in [0.1, 0.15) is 5.82 Å². The SMILES string of the molecule is CN1CC2CCC1CN(c1cc3c(cc1F)c(=O)ccn3C1CC1)C2. The predicted molar refractivity (Wildman–Crippen MR) is 97.8 cm³/mol. The topological polar surface area (TPSA) is 28.5 Å². The van der Waals surface area contributed by atoms with E-state index in [-0.39, 0.29) is 11.2 Å². The molecule has 2 aromatic rings. The maximum atomic E-state index is 14.9. The zero-order chi connectivity index (χ0) is 17.1. The largest absolute Gasteiger partial charge is 0.367 e. The van der Waals surface area contributed by atoms with Crippen LogP contribution in [-0.2, 0) is 0 Å². The lowest BCUT2D eigenvalue weighted by atomic mass is 9.96. The minimum atomic E-state index is -0.262. The second-order valence-corrected chi connectivity index (χ2v) is 8.08. The summed E-state index contributed by atoms with van der Waals surface area (Å²) in [6, 6.07) is 5.92. The molecule has 4 nitrogen and oxygen atoms in total.